The van der Waals surface area contributed by atoms with Gasteiger partial charge in [0.25, 0.3) is 0 Å². The van der Waals surface area contributed by atoms with Gasteiger partial charge in [-0.05, 0) is 11.1 Å². The minimum Gasteiger partial charge on any atom is -0.460 e. The van der Waals surface area contributed by atoms with Crippen molar-refractivity contribution in [1.82, 2.24) is 0 Å². The van der Waals surface area contributed by atoms with Crippen LogP contribution in [-0.2, 0) is 4.74 Å². The Balaban J connectivity index is 2.47. The third-order valence-corrected chi connectivity index (χ3v) is 1.95. The maximum absolute atomic E-state index is 10.7. The fraction of sp³-hybridized carbons (Fsp3) is 0.300. The third kappa shape index (κ3) is 3.70. The van der Waals surface area contributed by atoms with Crippen LogP contribution in [-0.4, -0.2) is 12.7 Å². The van der Waals surface area contributed by atoms with Gasteiger partial charge in [0.2, 0.25) is 0 Å². The highest BCUT2D eigenvalue weighted by atomic mass is 16.5. The van der Waals surface area contributed by atoms with Crippen LogP contribution in [0.25, 0.3) is 10.4 Å². The van der Waals surface area contributed by atoms with Crippen LogP contribution in [0.15, 0.2) is 35.4 Å². The smallest absolute Gasteiger partial charge is 0.396 e. The molecule has 0 radical (unpaired) electrons. The Hall–Kier alpha value is -2.00. The van der Waals surface area contributed by atoms with Crippen molar-refractivity contribution < 1.29 is 9.53 Å². The highest BCUT2D eigenvalue weighted by Crippen LogP contribution is 2.14. The first-order valence-electron chi connectivity index (χ1n) is 4.51. The summed E-state index contributed by atoms with van der Waals surface area (Å²) in [6.07, 6.45) is -0.889. The maximum atomic E-state index is 10.7. The van der Waals surface area contributed by atoms with Gasteiger partial charge >= 0.3 is 6.09 Å². The Morgan fingerprint density at radius 3 is 2.80 bits per heavy atom. The van der Waals surface area contributed by atoms with Crippen molar-refractivity contribution in [2.45, 2.75) is 12.8 Å². The lowest BCUT2D eigenvalue weighted by atomic mass is 10.0. The minimum atomic E-state index is -0.889. The van der Waals surface area contributed by atoms with E-state index in [0.717, 1.165) is 5.56 Å². The summed E-state index contributed by atoms with van der Waals surface area (Å²) in [4.78, 5) is 13.1. The topological polar surface area (TPSA) is 75.1 Å². The fourth-order valence-electron chi connectivity index (χ4n) is 1.14. The van der Waals surface area contributed by atoms with Crippen LogP contribution in [0.1, 0.15) is 18.4 Å². The molecule has 0 saturated heterocycles. The molecule has 78 valence electrons. The van der Waals surface area contributed by atoms with Gasteiger partial charge in [-0.1, -0.05) is 37.3 Å². The van der Waals surface area contributed by atoms with Gasteiger partial charge in [-0.2, -0.15) is 0 Å². The van der Waals surface area contributed by atoms with E-state index in [4.69, 9.17) is 10.3 Å². The first-order valence-corrected chi connectivity index (χ1v) is 4.51. The van der Waals surface area contributed by atoms with Crippen LogP contribution in [0.5, 0.6) is 0 Å². The highest BCUT2D eigenvalue weighted by Gasteiger charge is 2.07. The Bertz CT molecular complexity index is 372. The molecule has 1 unspecified atom stereocenters. The van der Waals surface area contributed by atoms with Gasteiger partial charge in [0.15, 0.2) is 0 Å². The van der Waals surface area contributed by atoms with E-state index in [1.54, 1.807) is 0 Å². The zero-order valence-corrected chi connectivity index (χ0v) is 8.33. The summed E-state index contributed by atoms with van der Waals surface area (Å²) in [5.74, 6) is 0.0871. The number of carbonyl (C=O) groups is 1. The Labute approximate surface area is 87.3 Å². The SMILES string of the molecule is CC(COC(=O)N=[N+]=[N-])c1ccccc1. The quantitative estimate of drug-likeness (QED) is 0.431. The molecule has 0 bridgehead atoms. The van der Waals surface area contributed by atoms with Gasteiger partial charge in [0, 0.05) is 15.9 Å². The third-order valence-electron chi connectivity index (χ3n) is 1.95. The van der Waals surface area contributed by atoms with Crippen molar-refractivity contribution in [2.24, 2.45) is 5.11 Å². The lowest BCUT2D eigenvalue weighted by Gasteiger charge is -2.10. The van der Waals surface area contributed by atoms with Crippen molar-refractivity contribution >= 4 is 6.09 Å². The average molecular weight is 205 g/mol. The second-order valence-electron chi connectivity index (χ2n) is 3.08. The molecular formula is C10H11N3O2. The summed E-state index contributed by atoms with van der Waals surface area (Å²) < 4.78 is 4.74. The highest BCUT2D eigenvalue weighted by molar-refractivity contribution is 5.67. The molecule has 15 heavy (non-hydrogen) atoms. The number of benzene rings is 1. The molecule has 1 amide bonds. The second-order valence-corrected chi connectivity index (χ2v) is 3.08. The fourth-order valence-corrected chi connectivity index (χ4v) is 1.14. The van der Waals surface area contributed by atoms with E-state index < -0.39 is 6.09 Å². The summed E-state index contributed by atoms with van der Waals surface area (Å²) in [6.45, 7) is 2.14. The molecular weight excluding hydrogens is 194 g/mol. The number of ether oxygens (including phenoxy) is 1. The molecule has 1 rings (SSSR count). The van der Waals surface area contributed by atoms with Gasteiger partial charge in [-0.25, -0.2) is 4.79 Å². The molecule has 0 aliphatic heterocycles. The summed E-state index contributed by atoms with van der Waals surface area (Å²) >= 11 is 0. The Morgan fingerprint density at radius 1 is 1.53 bits per heavy atom. The van der Waals surface area contributed by atoms with Crippen LogP contribution < -0.4 is 0 Å². The predicted octanol–water partition coefficient (Wildman–Crippen LogP) is 3.24. The lowest BCUT2D eigenvalue weighted by molar-refractivity contribution is 0.151. The standard InChI is InChI=1S/C10H11N3O2/c1-8(7-15-10(14)12-13-11)9-5-3-2-4-6-9/h2-6,8H,7H2,1H3. The number of carbonyl (C=O) groups excluding carboxylic acids is 1. The largest absolute Gasteiger partial charge is 0.460 e. The normalized spacial score (nSPS) is 11.3. The molecule has 0 aromatic heterocycles. The number of hydrogen-bond donors (Lipinski definition) is 0. The average Bonchev–Trinajstić information content (AvgIpc) is 2.27. The van der Waals surface area contributed by atoms with Gasteiger partial charge in [0.1, 0.15) is 0 Å². The van der Waals surface area contributed by atoms with E-state index in [0.29, 0.717) is 0 Å². The zero-order chi connectivity index (χ0) is 11.1. The van der Waals surface area contributed by atoms with Crippen molar-refractivity contribution in [3.8, 4) is 0 Å². The van der Waals surface area contributed by atoms with Crippen molar-refractivity contribution in [3.63, 3.8) is 0 Å². The summed E-state index contributed by atoms with van der Waals surface area (Å²) in [7, 11) is 0. The predicted molar refractivity (Wildman–Crippen MR) is 55.4 cm³/mol. The molecule has 1 atom stereocenters. The van der Waals surface area contributed by atoms with E-state index in [2.05, 4.69) is 10.0 Å². The van der Waals surface area contributed by atoms with Gasteiger partial charge in [-0.15, -0.1) is 0 Å². The summed E-state index contributed by atoms with van der Waals surface area (Å²) in [5, 5.41) is 2.81. The van der Waals surface area contributed by atoms with E-state index in [-0.39, 0.29) is 12.5 Å². The van der Waals surface area contributed by atoms with Crippen LogP contribution in [0.3, 0.4) is 0 Å². The second kappa shape index (κ2) is 5.67. The van der Waals surface area contributed by atoms with E-state index in [9.17, 15) is 4.79 Å². The monoisotopic (exact) mass is 205 g/mol. The number of hydrogen-bond acceptors (Lipinski definition) is 2. The Kier molecular flexibility index (Phi) is 4.19. The minimum absolute atomic E-state index is 0.0871. The first-order chi connectivity index (χ1) is 7.24. The zero-order valence-electron chi connectivity index (χ0n) is 8.33. The molecule has 0 spiro atoms. The molecule has 0 heterocycles. The Morgan fingerprint density at radius 2 is 2.20 bits per heavy atom. The van der Waals surface area contributed by atoms with Gasteiger partial charge < -0.3 is 4.74 Å². The molecule has 5 nitrogen and oxygen atoms in total. The van der Waals surface area contributed by atoms with E-state index in [1.165, 1.54) is 0 Å². The lowest BCUT2D eigenvalue weighted by Crippen LogP contribution is -2.07. The number of rotatable bonds is 3. The van der Waals surface area contributed by atoms with Crippen molar-refractivity contribution in [1.29, 1.82) is 0 Å². The van der Waals surface area contributed by atoms with Crippen LogP contribution in [0.2, 0.25) is 0 Å². The number of nitrogens with zero attached hydrogens (tertiary/aromatic N) is 3. The number of amides is 1. The molecule has 1 aromatic carbocycles. The molecule has 0 N–H and O–H groups in total. The van der Waals surface area contributed by atoms with Gasteiger partial charge in [-0.3, -0.25) is 0 Å². The first kappa shape index (κ1) is 11.1. The number of azide groups is 1. The van der Waals surface area contributed by atoms with Crippen LogP contribution in [0.4, 0.5) is 4.79 Å². The van der Waals surface area contributed by atoms with Crippen molar-refractivity contribution in [3.05, 3.63) is 46.3 Å². The molecule has 0 fully saturated rings. The molecule has 1 aromatic rings. The van der Waals surface area contributed by atoms with Crippen LogP contribution in [0, 0.1) is 0 Å². The van der Waals surface area contributed by atoms with Crippen LogP contribution >= 0.6 is 0 Å². The van der Waals surface area contributed by atoms with E-state index in [1.807, 2.05) is 37.3 Å². The molecule has 5 heteroatoms. The van der Waals surface area contributed by atoms with E-state index >= 15 is 0 Å². The van der Waals surface area contributed by atoms with Crippen molar-refractivity contribution in [2.75, 3.05) is 6.61 Å². The summed E-state index contributed by atoms with van der Waals surface area (Å²) in [6, 6.07) is 9.66. The van der Waals surface area contributed by atoms with Gasteiger partial charge in [0.05, 0.1) is 6.61 Å². The molecule has 0 aliphatic carbocycles. The summed E-state index contributed by atoms with van der Waals surface area (Å²) in [5.41, 5.74) is 9.05. The molecule has 0 saturated carbocycles. The molecule has 0 aliphatic rings. The maximum Gasteiger partial charge on any atom is 0.396 e.